The molecular weight excluding hydrogens is 404 g/mol. The lowest BCUT2D eigenvalue weighted by atomic mass is 9.86. The number of para-hydroxylation sites is 2. The third-order valence-electron chi connectivity index (χ3n) is 4.83. The van der Waals surface area contributed by atoms with Gasteiger partial charge in [-0.1, -0.05) is 39.0 Å². The van der Waals surface area contributed by atoms with E-state index in [1.807, 2.05) is 25.1 Å². The zero-order chi connectivity index (χ0) is 22.1. The number of nitrogens with one attached hydrogen (secondary N) is 1. The summed E-state index contributed by atoms with van der Waals surface area (Å²) in [7, 11) is -3.61. The van der Waals surface area contributed by atoms with E-state index in [4.69, 9.17) is 9.47 Å². The highest BCUT2D eigenvalue weighted by Gasteiger charge is 2.36. The Morgan fingerprint density at radius 3 is 2.57 bits per heavy atom. The predicted octanol–water partition coefficient (Wildman–Crippen LogP) is 3.55. The molecule has 1 heterocycles. The van der Waals surface area contributed by atoms with E-state index in [-0.39, 0.29) is 12.0 Å². The molecule has 0 unspecified atom stereocenters. The van der Waals surface area contributed by atoms with E-state index >= 15 is 0 Å². The Labute approximate surface area is 178 Å². The van der Waals surface area contributed by atoms with Gasteiger partial charge in [-0.3, -0.25) is 9.10 Å². The van der Waals surface area contributed by atoms with Gasteiger partial charge < -0.3 is 14.8 Å². The number of carbonyl (C=O) groups is 1. The summed E-state index contributed by atoms with van der Waals surface area (Å²) >= 11 is 0. The van der Waals surface area contributed by atoms with E-state index in [0.29, 0.717) is 29.5 Å². The first-order valence-electron chi connectivity index (χ1n) is 9.82. The van der Waals surface area contributed by atoms with Gasteiger partial charge in [0.15, 0.2) is 6.10 Å². The van der Waals surface area contributed by atoms with Crippen LogP contribution in [0.3, 0.4) is 0 Å². The molecule has 0 fully saturated rings. The minimum absolute atomic E-state index is 0.109. The van der Waals surface area contributed by atoms with E-state index in [9.17, 15) is 13.2 Å². The maximum atomic E-state index is 12.9. The van der Waals surface area contributed by atoms with E-state index < -0.39 is 22.0 Å². The summed E-state index contributed by atoms with van der Waals surface area (Å²) in [4.78, 5) is 12.9. The molecule has 0 bridgehead atoms. The van der Waals surface area contributed by atoms with Crippen molar-refractivity contribution in [2.75, 3.05) is 29.0 Å². The lowest BCUT2D eigenvalue weighted by Gasteiger charge is -2.35. The van der Waals surface area contributed by atoms with Crippen molar-refractivity contribution < 1.29 is 22.7 Å². The smallest absolute Gasteiger partial charge is 0.267 e. The van der Waals surface area contributed by atoms with E-state index in [2.05, 4.69) is 26.1 Å². The van der Waals surface area contributed by atoms with Crippen molar-refractivity contribution in [2.24, 2.45) is 0 Å². The van der Waals surface area contributed by atoms with Crippen LogP contribution in [0.2, 0.25) is 0 Å². The number of fused-ring (bicyclic) bond motifs is 1. The Hall–Kier alpha value is -2.74. The van der Waals surface area contributed by atoms with Crippen LogP contribution < -0.4 is 19.1 Å². The average Bonchev–Trinajstić information content (AvgIpc) is 2.67. The summed E-state index contributed by atoms with van der Waals surface area (Å²) in [6.07, 6.45) is 0.132. The topological polar surface area (TPSA) is 84.9 Å². The highest BCUT2D eigenvalue weighted by molar-refractivity contribution is 7.92. The maximum Gasteiger partial charge on any atom is 0.267 e. The number of benzene rings is 2. The molecule has 30 heavy (non-hydrogen) atoms. The molecular formula is C22H28N2O5S. The second-order valence-electron chi connectivity index (χ2n) is 8.25. The van der Waals surface area contributed by atoms with Gasteiger partial charge in [0.25, 0.3) is 5.91 Å². The van der Waals surface area contributed by atoms with E-state index in [1.54, 1.807) is 24.3 Å². The quantitative estimate of drug-likeness (QED) is 0.781. The number of ether oxygens (including phenoxy) is 2. The molecule has 0 aliphatic carbocycles. The normalized spacial score (nSPS) is 16.4. The monoisotopic (exact) mass is 432 g/mol. The van der Waals surface area contributed by atoms with Crippen LogP contribution in [0.1, 0.15) is 33.3 Å². The summed E-state index contributed by atoms with van der Waals surface area (Å²) < 4.78 is 37.7. The van der Waals surface area contributed by atoms with Gasteiger partial charge in [0.05, 0.1) is 30.8 Å². The predicted molar refractivity (Wildman–Crippen MR) is 118 cm³/mol. The first-order valence-corrected chi connectivity index (χ1v) is 11.7. The van der Waals surface area contributed by atoms with Gasteiger partial charge in [-0.25, -0.2) is 8.42 Å². The average molecular weight is 433 g/mol. The molecule has 162 valence electrons. The number of anilines is 2. The number of hydrogen-bond acceptors (Lipinski definition) is 5. The summed E-state index contributed by atoms with van der Waals surface area (Å²) in [5.41, 5.74) is 1.78. The highest BCUT2D eigenvalue weighted by Crippen LogP contribution is 2.39. The minimum Gasteiger partial charge on any atom is -0.492 e. The number of amides is 1. The molecule has 2 aromatic carbocycles. The lowest BCUT2D eigenvalue weighted by molar-refractivity contribution is -0.122. The van der Waals surface area contributed by atoms with Crippen molar-refractivity contribution >= 4 is 27.3 Å². The molecule has 0 aromatic heterocycles. The molecule has 1 atom stereocenters. The second kappa shape index (κ2) is 8.18. The zero-order valence-corrected chi connectivity index (χ0v) is 18.7. The molecule has 1 amide bonds. The Kier molecular flexibility index (Phi) is 5.99. The van der Waals surface area contributed by atoms with Crippen LogP contribution in [0, 0.1) is 0 Å². The van der Waals surface area contributed by atoms with Crippen LogP contribution in [-0.2, 0) is 20.2 Å². The second-order valence-corrected chi connectivity index (χ2v) is 10.2. The summed E-state index contributed by atoms with van der Waals surface area (Å²) in [6.45, 7) is 8.36. The van der Waals surface area contributed by atoms with Gasteiger partial charge in [-0.05, 0) is 42.2 Å². The fraction of sp³-hybridized carbons (Fsp3) is 0.409. The van der Waals surface area contributed by atoms with Crippen LogP contribution in [0.25, 0.3) is 0 Å². The Morgan fingerprint density at radius 1 is 1.23 bits per heavy atom. The van der Waals surface area contributed by atoms with Crippen LogP contribution >= 0.6 is 0 Å². The molecule has 0 saturated carbocycles. The molecule has 3 rings (SSSR count). The van der Waals surface area contributed by atoms with Crippen molar-refractivity contribution in [1.29, 1.82) is 0 Å². The number of carbonyl (C=O) groups excluding carboxylic acids is 1. The van der Waals surface area contributed by atoms with Crippen molar-refractivity contribution in [2.45, 2.75) is 39.2 Å². The van der Waals surface area contributed by atoms with Gasteiger partial charge >= 0.3 is 0 Å². The minimum atomic E-state index is -3.61. The molecule has 0 radical (unpaired) electrons. The van der Waals surface area contributed by atoms with Crippen molar-refractivity contribution in [3.8, 4) is 11.5 Å². The van der Waals surface area contributed by atoms with Crippen LogP contribution in [0.5, 0.6) is 11.5 Å². The van der Waals surface area contributed by atoms with E-state index in [1.165, 1.54) is 4.31 Å². The molecule has 7 nitrogen and oxygen atoms in total. The van der Waals surface area contributed by atoms with Crippen molar-refractivity contribution in [1.82, 2.24) is 0 Å². The lowest BCUT2D eigenvalue weighted by Crippen LogP contribution is -2.48. The molecule has 1 N–H and O–H groups in total. The van der Waals surface area contributed by atoms with Crippen LogP contribution in [0.15, 0.2) is 42.5 Å². The molecule has 0 saturated heterocycles. The van der Waals surface area contributed by atoms with E-state index in [0.717, 1.165) is 11.8 Å². The van der Waals surface area contributed by atoms with Crippen LogP contribution in [-0.4, -0.2) is 39.8 Å². The third-order valence-corrected chi connectivity index (χ3v) is 5.98. The van der Waals surface area contributed by atoms with Gasteiger partial charge in [-0.15, -0.1) is 0 Å². The molecule has 2 aromatic rings. The van der Waals surface area contributed by atoms with Crippen molar-refractivity contribution in [3.05, 3.63) is 48.0 Å². The van der Waals surface area contributed by atoms with Gasteiger partial charge in [0, 0.05) is 0 Å². The number of sulfonamides is 1. The largest absolute Gasteiger partial charge is 0.492 e. The summed E-state index contributed by atoms with van der Waals surface area (Å²) in [6, 6.07) is 12.5. The fourth-order valence-corrected chi connectivity index (χ4v) is 4.14. The molecule has 1 aliphatic rings. The fourth-order valence-electron chi connectivity index (χ4n) is 3.23. The maximum absolute atomic E-state index is 12.9. The number of nitrogens with zero attached hydrogens (tertiary/aromatic N) is 1. The summed E-state index contributed by atoms with van der Waals surface area (Å²) in [5.74, 6) is 0.457. The van der Waals surface area contributed by atoms with Gasteiger partial charge in [0.1, 0.15) is 11.5 Å². The van der Waals surface area contributed by atoms with Gasteiger partial charge in [0.2, 0.25) is 10.0 Å². The molecule has 1 aliphatic heterocycles. The first kappa shape index (κ1) is 22.0. The highest BCUT2D eigenvalue weighted by atomic mass is 32.2. The number of hydrogen-bond donors (Lipinski definition) is 1. The molecule has 8 heteroatoms. The SMILES string of the molecule is CCOc1ccccc1NC(=O)[C@H]1CN(S(C)(=O)=O)c2cc(C(C)(C)C)ccc2O1. The Bertz CT molecular complexity index is 1040. The number of rotatable bonds is 5. The molecule has 0 spiro atoms. The van der Waals surface area contributed by atoms with Crippen LogP contribution in [0.4, 0.5) is 11.4 Å². The van der Waals surface area contributed by atoms with Gasteiger partial charge in [-0.2, -0.15) is 0 Å². The standard InChI is InChI=1S/C22H28N2O5S/c1-6-28-18-10-8-7-9-16(18)23-21(25)20-14-24(30(5,26)27)17-13-15(22(2,3)4)11-12-19(17)29-20/h7-13,20H,6,14H2,1-5H3,(H,23,25)/t20-/m1/s1. The van der Waals surface area contributed by atoms with Crippen molar-refractivity contribution in [3.63, 3.8) is 0 Å². The summed E-state index contributed by atoms with van der Waals surface area (Å²) in [5, 5.41) is 2.79. The Morgan fingerprint density at radius 2 is 1.93 bits per heavy atom. The third kappa shape index (κ3) is 4.70. The zero-order valence-electron chi connectivity index (χ0n) is 17.9. The Balaban J connectivity index is 1.92. The first-order chi connectivity index (χ1) is 14.0.